The van der Waals surface area contributed by atoms with Crippen LogP contribution in [0.25, 0.3) is 6.08 Å². The number of aryl methyl sites for hydroxylation is 2. The molecule has 2 N–H and O–H groups in total. The number of barbiturate groups is 1. The summed E-state index contributed by atoms with van der Waals surface area (Å²) in [4.78, 5) is 51.7. The van der Waals surface area contributed by atoms with Gasteiger partial charge in [0.15, 0.2) is 18.1 Å². The van der Waals surface area contributed by atoms with Gasteiger partial charge >= 0.3 is 6.03 Å². The molecule has 0 saturated carbocycles. The summed E-state index contributed by atoms with van der Waals surface area (Å²) in [5.41, 5.74) is 3.05. The predicted octanol–water partition coefficient (Wildman–Crippen LogP) is 5.80. The quantitative estimate of drug-likeness (QED) is 0.241. The molecule has 5 amide bonds. The molecule has 0 atom stereocenters. The lowest BCUT2D eigenvalue weighted by molar-refractivity contribution is -0.122. The first kappa shape index (κ1) is 28.8. The molecule has 1 aliphatic heterocycles. The van der Waals surface area contributed by atoms with Gasteiger partial charge in [0.05, 0.1) is 16.8 Å². The zero-order chi connectivity index (χ0) is 29.0. The minimum Gasteiger partial charge on any atom is -0.490 e. The standard InChI is InChI=1S/C29H25BrClN3O6/c1-4-39-24-14-18(12-21-27(36)33-29(38)34(28(21)37)20-9-7-19(31)8-10-20)13-22(30)26(24)40-15-25(35)32-23-11-16(2)5-6-17(23)3/h5-14H,4,15H2,1-3H3,(H,32,35)(H,33,36,38)/b21-12-. The number of nitrogens with zero attached hydrogens (tertiary/aromatic N) is 1. The van der Waals surface area contributed by atoms with E-state index < -0.39 is 17.8 Å². The van der Waals surface area contributed by atoms with Gasteiger partial charge in [-0.2, -0.15) is 0 Å². The minimum absolute atomic E-state index is 0.254. The van der Waals surface area contributed by atoms with Crippen molar-refractivity contribution in [3.8, 4) is 11.5 Å². The van der Waals surface area contributed by atoms with Crippen LogP contribution in [0.4, 0.5) is 16.2 Å². The average molecular weight is 627 g/mol. The predicted molar refractivity (Wildman–Crippen MR) is 156 cm³/mol. The molecule has 1 fully saturated rings. The molecule has 0 aromatic heterocycles. The van der Waals surface area contributed by atoms with Gasteiger partial charge in [-0.05, 0) is 102 Å². The van der Waals surface area contributed by atoms with E-state index in [0.29, 0.717) is 20.7 Å². The van der Waals surface area contributed by atoms with Crippen molar-refractivity contribution in [3.05, 3.63) is 86.4 Å². The molecule has 1 heterocycles. The lowest BCUT2D eigenvalue weighted by atomic mass is 10.1. The maximum Gasteiger partial charge on any atom is 0.335 e. The normalized spacial score (nSPS) is 14.3. The number of halogens is 2. The van der Waals surface area contributed by atoms with Crippen molar-refractivity contribution in [2.24, 2.45) is 0 Å². The van der Waals surface area contributed by atoms with Gasteiger partial charge in [0.1, 0.15) is 5.57 Å². The van der Waals surface area contributed by atoms with E-state index in [1.807, 2.05) is 32.0 Å². The van der Waals surface area contributed by atoms with Crippen LogP contribution in [-0.2, 0) is 14.4 Å². The van der Waals surface area contributed by atoms with Crippen LogP contribution >= 0.6 is 27.5 Å². The summed E-state index contributed by atoms with van der Waals surface area (Å²) >= 11 is 9.36. The molecule has 1 aliphatic rings. The number of rotatable bonds is 8. The van der Waals surface area contributed by atoms with Gasteiger partial charge in [0.2, 0.25) is 0 Å². The van der Waals surface area contributed by atoms with E-state index in [4.69, 9.17) is 21.1 Å². The molecule has 0 aliphatic carbocycles. The van der Waals surface area contributed by atoms with Crippen LogP contribution in [0.15, 0.2) is 64.6 Å². The molecular weight excluding hydrogens is 602 g/mol. The maximum atomic E-state index is 13.2. The van der Waals surface area contributed by atoms with E-state index in [9.17, 15) is 19.2 Å². The number of benzene rings is 3. The highest BCUT2D eigenvalue weighted by molar-refractivity contribution is 9.10. The Morgan fingerprint density at radius 2 is 1.77 bits per heavy atom. The summed E-state index contributed by atoms with van der Waals surface area (Å²) in [6, 6.07) is 14.1. The monoisotopic (exact) mass is 625 g/mol. The van der Waals surface area contributed by atoms with Gasteiger partial charge in [-0.25, -0.2) is 9.69 Å². The lowest BCUT2D eigenvalue weighted by Crippen LogP contribution is -2.54. The van der Waals surface area contributed by atoms with Gasteiger partial charge < -0.3 is 14.8 Å². The molecule has 0 unspecified atom stereocenters. The van der Waals surface area contributed by atoms with Crippen molar-refractivity contribution in [1.29, 1.82) is 0 Å². The SMILES string of the molecule is CCOc1cc(/C=C2/C(=O)NC(=O)N(c3ccc(Cl)cc3)C2=O)cc(Br)c1OCC(=O)Nc1cc(C)ccc1C. The minimum atomic E-state index is -0.867. The zero-order valence-corrected chi connectivity index (χ0v) is 24.2. The topological polar surface area (TPSA) is 114 Å². The van der Waals surface area contributed by atoms with Crippen molar-refractivity contribution < 1.29 is 28.7 Å². The third-order valence-corrected chi connectivity index (χ3v) is 6.68. The van der Waals surface area contributed by atoms with Crippen molar-refractivity contribution >= 4 is 68.7 Å². The number of carbonyl (C=O) groups is 4. The second-order valence-corrected chi connectivity index (χ2v) is 10.1. The second kappa shape index (κ2) is 12.4. The Bertz CT molecular complexity index is 1540. The first-order valence-electron chi connectivity index (χ1n) is 12.2. The Morgan fingerprint density at radius 1 is 1.05 bits per heavy atom. The first-order chi connectivity index (χ1) is 19.1. The number of hydrogen-bond acceptors (Lipinski definition) is 6. The number of imide groups is 2. The molecule has 40 heavy (non-hydrogen) atoms. The Kier molecular flexibility index (Phi) is 8.91. The highest BCUT2D eigenvalue weighted by atomic mass is 79.9. The van der Waals surface area contributed by atoms with Crippen LogP contribution in [0.2, 0.25) is 5.02 Å². The Hall–Kier alpha value is -4.15. The molecular formula is C29H25BrClN3O6. The molecule has 0 radical (unpaired) electrons. The largest absolute Gasteiger partial charge is 0.490 e. The molecule has 3 aromatic rings. The fourth-order valence-electron chi connectivity index (χ4n) is 3.92. The van der Waals surface area contributed by atoms with E-state index in [-0.39, 0.29) is 41.9 Å². The fourth-order valence-corrected chi connectivity index (χ4v) is 4.62. The highest BCUT2D eigenvalue weighted by Gasteiger charge is 2.36. The molecule has 206 valence electrons. The summed E-state index contributed by atoms with van der Waals surface area (Å²) in [6.07, 6.45) is 1.34. The molecule has 0 spiro atoms. The van der Waals surface area contributed by atoms with Crippen LogP contribution < -0.4 is 25.0 Å². The number of urea groups is 1. The third-order valence-electron chi connectivity index (χ3n) is 5.84. The second-order valence-electron chi connectivity index (χ2n) is 8.85. The molecule has 0 bridgehead atoms. The van der Waals surface area contributed by atoms with Crippen LogP contribution in [0, 0.1) is 13.8 Å². The van der Waals surface area contributed by atoms with E-state index in [2.05, 4.69) is 26.6 Å². The van der Waals surface area contributed by atoms with E-state index in [1.165, 1.54) is 30.3 Å². The summed E-state index contributed by atoms with van der Waals surface area (Å²) in [6.45, 7) is 5.62. The van der Waals surface area contributed by atoms with Crippen LogP contribution in [-0.4, -0.2) is 37.0 Å². The molecule has 11 heteroatoms. The summed E-state index contributed by atoms with van der Waals surface area (Å²) in [5.74, 6) is -1.42. The van der Waals surface area contributed by atoms with Crippen molar-refractivity contribution in [2.45, 2.75) is 20.8 Å². The van der Waals surface area contributed by atoms with Crippen molar-refractivity contribution in [3.63, 3.8) is 0 Å². The average Bonchev–Trinajstić information content (AvgIpc) is 2.89. The summed E-state index contributed by atoms with van der Waals surface area (Å²) in [7, 11) is 0. The van der Waals surface area contributed by atoms with Gasteiger partial charge in [-0.3, -0.25) is 19.7 Å². The Balaban J connectivity index is 1.58. The molecule has 9 nitrogen and oxygen atoms in total. The van der Waals surface area contributed by atoms with Gasteiger partial charge in [0, 0.05) is 10.7 Å². The number of ether oxygens (including phenoxy) is 2. The van der Waals surface area contributed by atoms with E-state index in [1.54, 1.807) is 19.1 Å². The fraction of sp³-hybridized carbons (Fsp3) is 0.172. The molecule has 4 rings (SSSR count). The number of amides is 5. The van der Waals surface area contributed by atoms with E-state index >= 15 is 0 Å². The Morgan fingerprint density at radius 3 is 2.48 bits per heavy atom. The first-order valence-corrected chi connectivity index (χ1v) is 13.4. The van der Waals surface area contributed by atoms with Crippen LogP contribution in [0.5, 0.6) is 11.5 Å². The highest BCUT2D eigenvalue weighted by Crippen LogP contribution is 2.38. The van der Waals surface area contributed by atoms with E-state index in [0.717, 1.165) is 16.0 Å². The van der Waals surface area contributed by atoms with Gasteiger partial charge in [-0.15, -0.1) is 0 Å². The number of anilines is 2. The summed E-state index contributed by atoms with van der Waals surface area (Å²) in [5, 5.41) is 5.45. The van der Waals surface area contributed by atoms with Gasteiger partial charge in [-0.1, -0.05) is 23.7 Å². The number of carbonyl (C=O) groups excluding carboxylic acids is 4. The van der Waals surface area contributed by atoms with Crippen LogP contribution in [0.1, 0.15) is 23.6 Å². The van der Waals surface area contributed by atoms with Crippen molar-refractivity contribution in [1.82, 2.24) is 5.32 Å². The maximum absolute atomic E-state index is 13.2. The van der Waals surface area contributed by atoms with Gasteiger partial charge in [0.25, 0.3) is 17.7 Å². The van der Waals surface area contributed by atoms with Crippen molar-refractivity contribution in [2.75, 3.05) is 23.4 Å². The third kappa shape index (κ3) is 6.52. The van der Waals surface area contributed by atoms with Crippen LogP contribution in [0.3, 0.4) is 0 Å². The number of hydrogen-bond donors (Lipinski definition) is 2. The number of nitrogens with one attached hydrogen (secondary N) is 2. The molecule has 3 aromatic carbocycles. The smallest absolute Gasteiger partial charge is 0.335 e. The molecule has 1 saturated heterocycles. The zero-order valence-electron chi connectivity index (χ0n) is 21.8. The summed E-state index contributed by atoms with van der Waals surface area (Å²) < 4.78 is 12.0. The lowest BCUT2D eigenvalue weighted by Gasteiger charge is -2.26. The Labute approximate surface area is 244 Å².